The molecular formula is C21H21N3O6. The van der Waals surface area contributed by atoms with Gasteiger partial charge in [-0.1, -0.05) is 12.1 Å². The number of carbonyl (C=O) groups is 4. The fourth-order valence-corrected chi connectivity index (χ4v) is 2.88. The minimum Gasteiger partial charge on any atom is -0.497 e. The Morgan fingerprint density at radius 2 is 1.80 bits per heavy atom. The van der Waals surface area contributed by atoms with E-state index in [0.29, 0.717) is 17.9 Å². The maximum absolute atomic E-state index is 12.6. The van der Waals surface area contributed by atoms with E-state index in [0.717, 1.165) is 4.90 Å². The van der Waals surface area contributed by atoms with Gasteiger partial charge < -0.3 is 20.1 Å². The standard InChI is InChI=1S/C21H21N3O6/c1-13(19(26)24-12-11-22-21(24)28)30-20(27)16-5-3-4-6-17(16)23-18(25)14-7-9-15(29-2)10-8-14/h3-10,13H,11-12H2,1-2H3,(H,22,28)(H,23,25)/t13-/m0/s1. The molecule has 4 amide bonds. The summed E-state index contributed by atoms with van der Waals surface area (Å²) < 4.78 is 10.3. The maximum Gasteiger partial charge on any atom is 0.341 e. The van der Waals surface area contributed by atoms with E-state index in [1.807, 2.05) is 0 Å². The number of nitrogens with one attached hydrogen (secondary N) is 2. The van der Waals surface area contributed by atoms with Crippen molar-refractivity contribution in [2.24, 2.45) is 0 Å². The fraction of sp³-hybridized carbons (Fsp3) is 0.238. The van der Waals surface area contributed by atoms with Crippen LogP contribution in [0.3, 0.4) is 0 Å². The molecule has 1 heterocycles. The van der Waals surface area contributed by atoms with E-state index in [-0.39, 0.29) is 17.8 Å². The molecule has 0 unspecified atom stereocenters. The van der Waals surface area contributed by atoms with Gasteiger partial charge in [0.25, 0.3) is 11.8 Å². The van der Waals surface area contributed by atoms with Crippen molar-refractivity contribution >= 4 is 29.5 Å². The first-order valence-corrected chi connectivity index (χ1v) is 9.25. The zero-order valence-electron chi connectivity index (χ0n) is 16.5. The first-order valence-electron chi connectivity index (χ1n) is 9.25. The third kappa shape index (κ3) is 4.57. The predicted octanol–water partition coefficient (Wildman–Crippen LogP) is 2.04. The molecule has 3 rings (SSSR count). The molecule has 1 atom stereocenters. The van der Waals surface area contributed by atoms with E-state index in [1.165, 1.54) is 20.1 Å². The summed E-state index contributed by atoms with van der Waals surface area (Å²) in [5.41, 5.74) is 0.703. The number of ether oxygens (including phenoxy) is 2. The highest BCUT2D eigenvalue weighted by molar-refractivity contribution is 6.08. The zero-order valence-corrected chi connectivity index (χ0v) is 16.5. The second-order valence-electron chi connectivity index (χ2n) is 6.50. The first-order chi connectivity index (χ1) is 14.4. The molecule has 1 aliphatic heterocycles. The summed E-state index contributed by atoms with van der Waals surface area (Å²) in [4.78, 5) is 50.1. The molecule has 1 fully saturated rings. The number of benzene rings is 2. The van der Waals surface area contributed by atoms with Crippen LogP contribution >= 0.6 is 0 Å². The minimum atomic E-state index is -1.16. The van der Waals surface area contributed by atoms with E-state index in [2.05, 4.69) is 10.6 Å². The lowest BCUT2D eigenvalue weighted by Crippen LogP contribution is -2.41. The second-order valence-corrected chi connectivity index (χ2v) is 6.50. The summed E-state index contributed by atoms with van der Waals surface area (Å²) >= 11 is 0. The average Bonchev–Trinajstić information content (AvgIpc) is 3.19. The molecule has 9 heteroatoms. The molecule has 2 N–H and O–H groups in total. The van der Waals surface area contributed by atoms with Crippen molar-refractivity contribution in [1.29, 1.82) is 0 Å². The number of urea groups is 1. The molecule has 0 bridgehead atoms. The molecule has 2 aromatic carbocycles. The fourth-order valence-electron chi connectivity index (χ4n) is 2.88. The summed E-state index contributed by atoms with van der Waals surface area (Å²) in [6.45, 7) is 1.96. The van der Waals surface area contributed by atoms with Gasteiger partial charge in [-0.25, -0.2) is 9.59 Å². The number of rotatable bonds is 6. The number of anilines is 1. The van der Waals surface area contributed by atoms with E-state index in [4.69, 9.17) is 9.47 Å². The third-order valence-corrected chi connectivity index (χ3v) is 4.50. The molecule has 30 heavy (non-hydrogen) atoms. The Balaban J connectivity index is 1.70. The lowest BCUT2D eigenvalue weighted by atomic mass is 10.1. The van der Waals surface area contributed by atoms with E-state index >= 15 is 0 Å². The monoisotopic (exact) mass is 411 g/mol. The number of para-hydroxylation sites is 1. The van der Waals surface area contributed by atoms with Crippen molar-refractivity contribution in [2.75, 3.05) is 25.5 Å². The van der Waals surface area contributed by atoms with Crippen molar-refractivity contribution in [1.82, 2.24) is 10.2 Å². The SMILES string of the molecule is COc1ccc(C(=O)Nc2ccccc2C(=O)O[C@@H](C)C(=O)N2CCNC2=O)cc1. The first kappa shape index (κ1) is 20.8. The molecule has 1 aliphatic rings. The largest absolute Gasteiger partial charge is 0.497 e. The van der Waals surface area contributed by atoms with Crippen molar-refractivity contribution < 1.29 is 28.7 Å². The molecular weight excluding hydrogens is 390 g/mol. The maximum atomic E-state index is 12.6. The topological polar surface area (TPSA) is 114 Å². The van der Waals surface area contributed by atoms with Crippen molar-refractivity contribution in [3.05, 3.63) is 59.7 Å². The molecule has 0 saturated carbocycles. The predicted molar refractivity (Wildman–Crippen MR) is 107 cm³/mol. The van der Waals surface area contributed by atoms with Crippen LogP contribution in [0.2, 0.25) is 0 Å². The Morgan fingerprint density at radius 1 is 1.10 bits per heavy atom. The highest BCUT2D eigenvalue weighted by atomic mass is 16.5. The smallest absolute Gasteiger partial charge is 0.341 e. The molecule has 0 aromatic heterocycles. The van der Waals surface area contributed by atoms with Crippen LogP contribution in [0.1, 0.15) is 27.6 Å². The van der Waals surface area contributed by atoms with Crippen LogP contribution in [0, 0.1) is 0 Å². The number of methoxy groups -OCH3 is 1. The van der Waals surface area contributed by atoms with Gasteiger partial charge in [0.05, 0.1) is 18.4 Å². The van der Waals surface area contributed by atoms with Gasteiger partial charge >= 0.3 is 12.0 Å². The van der Waals surface area contributed by atoms with Crippen LogP contribution in [0.15, 0.2) is 48.5 Å². The third-order valence-electron chi connectivity index (χ3n) is 4.50. The summed E-state index contributed by atoms with van der Waals surface area (Å²) in [5.74, 6) is -1.21. The highest BCUT2D eigenvalue weighted by Gasteiger charge is 2.32. The van der Waals surface area contributed by atoms with Gasteiger partial charge in [-0.3, -0.25) is 14.5 Å². The van der Waals surface area contributed by atoms with Gasteiger partial charge in [-0.15, -0.1) is 0 Å². The number of esters is 1. The van der Waals surface area contributed by atoms with Crippen molar-refractivity contribution in [3.8, 4) is 5.75 Å². The number of hydrogen-bond donors (Lipinski definition) is 2. The highest BCUT2D eigenvalue weighted by Crippen LogP contribution is 2.19. The van der Waals surface area contributed by atoms with Gasteiger partial charge in [-0.2, -0.15) is 0 Å². The number of nitrogens with zero attached hydrogens (tertiary/aromatic N) is 1. The Labute approximate surface area is 172 Å². The van der Waals surface area contributed by atoms with Crippen molar-refractivity contribution in [2.45, 2.75) is 13.0 Å². The van der Waals surface area contributed by atoms with Gasteiger partial charge in [0.15, 0.2) is 6.10 Å². The average molecular weight is 411 g/mol. The molecule has 156 valence electrons. The van der Waals surface area contributed by atoms with Crippen molar-refractivity contribution in [3.63, 3.8) is 0 Å². The number of imide groups is 1. The lowest BCUT2D eigenvalue weighted by Gasteiger charge is -2.19. The molecule has 0 radical (unpaired) electrons. The lowest BCUT2D eigenvalue weighted by molar-refractivity contribution is -0.136. The summed E-state index contributed by atoms with van der Waals surface area (Å²) in [6, 6.07) is 12.3. The number of hydrogen-bond acceptors (Lipinski definition) is 6. The summed E-state index contributed by atoms with van der Waals surface area (Å²) in [6.07, 6.45) is -1.16. The van der Waals surface area contributed by atoms with Crippen LogP contribution in [-0.4, -0.2) is 55.0 Å². The molecule has 0 spiro atoms. The normalized spacial score (nSPS) is 13.9. The Kier molecular flexibility index (Phi) is 6.31. The van der Waals surface area contributed by atoms with E-state index < -0.39 is 29.9 Å². The quantitative estimate of drug-likeness (QED) is 0.703. The minimum absolute atomic E-state index is 0.0879. The Morgan fingerprint density at radius 3 is 2.43 bits per heavy atom. The van der Waals surface area contributed by atoms with Gasteiger partial charge in [0.2, 0.25) is 0 Å². The zero-order chi connectivity index (χ0) is 21.7. The molecule has 9 nitrogen and oxygen atoms in total. The summed E-state index contributed by atoms with van der Waals surface area (Å²) in [7, 11) is 1.53. The second kappa shape index (κ2) is 9.08. The van der Waals surface area contributed by atoms with Crippen LogP contribution in [0.25, 0.3) is 0 Å². The number of amides is 4. The molecule has 1 saturated heterocycles. The number of carbonyl (C=O) groups excluding carboxylic acids is 4. The summed E-state index contributed by atoms with van der Waals surface area (Å²) in [5, 5.41) is 5.18. The van der Waals surface area contributed by atoms with Crippen LogP contribution in [0.4, 0.5) is 10.5 Å². The van der Waals surface area contributed by atoms with Crippen LogP contribution in [0.5, 0.6) is 5.75 Å². The van der Waals surface area contributed by atoms with Crippen LogP contribution < -0.4 is 15.4 Å². The Hall–Kier alpha value is -3.88. The van der Waals surface area contributed by atoms with Gasteiger partial charge in [0.1, 0.15) is 5.75 Å². The molecule has 0 aliphatic carbocycles. The van der Waals surface area contributed by atoms with Gasteiger partial charge in [0, 0.05) is 18.7 Å². The Bertz CT molecular complexity index is 973. The molecule has 2 aromatic rings. The van der Waals surface area contributed by atoms with Gasteiger partial charge in [-0.05, 0) is 43.3 Å². The van der Waals surface area contributed by atoms with E-state index in [1.54, 1.807) is 42.5 Å². The van der Waals surface area contributed by atoms with Crippen LogP contribution in [-0.2, 0) is 9.53 Å². The van der Waals surface area contributed by atoms with E-state index in [9.17, 15) is 19.2 Å².